The lowest BCUT2D eigenvalue weighted by atomic mass is 9.97. The van der Waals surface area contributed by atoms with E-state index in [1.165, 1.54) is 0 Å². The van der Waals surface area contributed by atoms with Gasteiger partial charge in [0.2, 0.25) is 0 Å². The minimum atomic E-state index is -0.566. The summed E-state index contributed by atoms with van der Waals surface area (Å²) in [6, 6.07) is 13.1. The van der Waals surface area contributed by atoms with Crippen molar-refractivity contribution in [2.45, 2.75) is 25.7 Å². The van der Waals surface area contributed by atoms with Crippen LogP contribution in [0.3, 0.4) is 0 Å². The number of ketones is 1. The Balaban J connectivity index is 1.98. The molecule has 0 radical (unpaired) electrons. The Bertz CT molecular complexity index is 879. The molecule has 0 aliphatic carbocycles. The highest BCUT2D eigenvalue weighted by Crippen LogP contribution is 2.31. The number of fused-ring (bicyclic) bond motifs is 1. The van der Waals surface area contributed by atoms with E-state index >= 15 is 0 Å². The van der Waals surface area contributed by atoms with Gasteiger partial charge in [0.1, 0.15) is 11.3 Å². The zero-order valence-corrected chi connectivity index (χ0v) is 15.1. The van der Waals surface area contributed by atoms with Crippen molar-refractivity contribution in [1.82, 2.24) is 0 Å². The van der Waals surface area contributed by atoms with E-state index in [0.717, 1.165) is 17.5 Å². The van der Waals surface area contributed by atoms with Crippen molar-refractivity contribution in [3.63, 3.8) is 0 Å². The molecule has 0 spiro atoms. The summed E-state index contributed by atoms with van der Waals surface area (Å²) in [6.07, 6.45) is 9.40. The number of allylic oxidation sites excluding steroid dienone is 2. The van der Waals surface area contributed by atoms with Crippen molar-refractivity contribution in [3.05, 3.63) is 71.8 Å². The van der Waals surface area contributed by atoms with Crippen LogP contribution in [0.15, 0.2) is 60.7 Å². The molecule has 27 heavy (non-hydrogen) atoms. The molecule has 3 rings (SSSR count). The summed E-state index contributed by atoms with van der Waals surface area (Å²) in [7, 11) is 0. The lowest BCUT2D eigenvalue weighted by Crippen LogP contribution is -2.09. The maximum absolute atomic E-state index is 12.5. The van der Waals surface area contributed by atoms with Gasteiger partial charge in [0.25, 0.3) is 0 Å². The zero-order chi connectivity index (χ0) is 19.1. The first-order valence-corrected chi connectivity index (χ1v) is 9.10. The number of phenolic OH excluding ortho intramolecular Hbond substituents is 1. The third kappa shape index (κ3) is 4.94. The largest absolute Gasteiger partial charge is 0.507 e. The Hall–Kier alpha value is -3.14. The summed E-state index contributed by atoms with van der Waals surface area (Å²) < 4.78 is 5.28. The van der Waals surface area contributed by atoms with E-state index < -0.39 is 5.97 Å². The topological polar surface area (TPSA) is 63.6 Å². The van der Waals surface area contributed by atoms with Crippen molar-refractivity contribution >= 4 is 17.8 Å². The molecule has 0 atom stereocenters. The first-order chi connectivity index (χ1) is 13.1. The summed E-state index contributed by atoms with van der Waals surface area (Å²) in [4.78, 5) is 24.2. The molecule has 0 saturated carbocycles. The molecule has 2 aromatic carbocycles. The van der Waals surface area contributed by atoms with Gasteiger partial charge in [0.15, 0.2) is 5.78 Å². The lowest BCUT2D eigenvalue weighted by molar-refractivity contribution is -0.114. The Morgan fingerprint density at radius 2 is 1.67 bits per heavy atom. The lowest BCUT2D eigenvalue weighted by Gasteiger charge is -2.12. The van der Waals surface area contributed by atoms with Gasteiger partial charge in [0, 0.05) is 6.42 Å². The summed E-state index contributed by atoms with van der Waals surface area (Å²) >= 11 is 0. The van der Waals surface area contributed by atoms with Crippen molar-refractivity contribution in [1.29, 1.82) is 0 Å². The minimum Gasteiger partial charge on any atom is -0.507 e. The predicted molar refractivity (Wildman–Crippen MR) is 105 cm³/mol. The summed E-state index contributed by atoms with van der Waals surface area (Å²) in [6.45, 7) is 0.158. The van der Waals surface area contributed by atoms with Gasteiger partial charge in [-0.3, -0.25) is 4.79 Å². The predicted octanol–water partition coefficient (Wildman–Crippen LogP) is 4.93. The van der Waals surface area contributed by atoms with Gasteiger partial charge in [-0.2, -0.15) is 0 Å². The van der Waals surface area contributed by atoms with Gasteiger partial charge in [0.05, 0.1) is 6.61 Å². The van der Waals surface area contributed by atoms with Crippen LogP contribution in [0, 0.1) is 0 Å². The van der Waals surface area contributed by atoms with Crippen LogP contribution in [-0.2, 0) is 9.53 Å². The molecule has 1 aliphatic rings. The highest BCUT2D eigenvalue weighted by molar-refractivity contribution is 5.98. The summed E-state index contributed by atoms with van der Waals surface area (Å²) in [5.74, 6) is -0.585. The standard InChI is InChI=1S/C23H22O4/c24-20-12-6-2-5-11-18-15-19(17-9-3-1-4-10-17)16-21(25)22(18)23(26)27-14-8-7-13-20/h1,3-5,7,9-11,13,15-16,25H,2,6,8,12,14H2/b11-5+,13-7-. The highest BCUT2D eigenvalue weighted by Gasteiger charge is 2.18. The van der Waals surface area contributed by atoms with Gasteiger partial charge >= 0.3 is 5.97 Å². The molecule has 0 unspecified atom stereocenters. The van der Waals surface area contributed by atoms with Crippen molar-refractivity contribution in [2.75, 3.05) is 6.61 Å². The molecule has 138 valence electrons. The van der Waals surface area contributed by atoms with E-state index in [1.54, 1.807) is 18.2 Å². The Morgan fingerprint density at radius 1 is 0.889 bits per heavy atom. The number of ether oxygens (including phenoxy) is 1. The SMILES string of the molecule is O=C1/C=C\CCOC(=O)c2c(O)cc(-c3ccccc3)cc2/C=C/CCC1. The number of benzene rings is 2. The molecule has 0 fully saturated rings. The Morgan fingerprint density at radius 3 is 2.48 bits per heavy atom. The van der Waals surface area contributed by atoms with Crippen LogP contribution >= 0.6 is 0 Å². The van der Waals surface area contributed by atoms with Gasteiger partial charge in [-0.15, -0.1) is 0 Å². The molecule has 0 saturated heterocycles. The van der Waals surface area contributed by atoms with Gasteiger partial charge in [-0.25, -0.2) is 4.79 Å². The van der Waals surface area contributed by atoms with E-state index in [1.807, 2.05) is 48.6 Å². The number of cyclic esters (lactones) is 1. The number of carbonyl (C=O) groups is 2. The average Bonchev–Trinajstić information content (AvgIpc) is 2.67. The number of phenols is 1. The van der Waals surface area contributed by atoms with Crippen LogP contribution in [-0.4, -0.2) is 23.5 Å². The van der Waals surface area contributed by atoms with Crippen LogP contribution in [0.25, 0.3) is 17.2 Å². The molecule has 4 nitrogen and oxygen atoms in total. The molecular weight excluding hydrogens is 340 g/mol. The third-order valence-corrected chi connectivity index (χ3v) is 4.37. The van der Waals surface area contributed by atoms with Gasteiger partial charge in [-0.05, 0) is 54.2 Å². The summed E-state index contributed by atoms with van der Waals surface area (Å²) in [5, 5.41) is 10.5. The minimum absolute atomic E-state index is 0.0798. The van der Waals surface area contributed by atoms with Crippen LogP contribution in [0.1, 0.15) is 41.6 Å². The number of aromatic hydroxyl groups is 1. The first-order valence-electron chi connectivity index (χ1n) is 9.10. The Labute approximate surface area is 158 Å². The molecule has 1 aliphatic heterocycles. The quantitative estimate of drug-likeness (QED) is 0.731. The highest BCUT2D eigenvalue weighted by atomic mass is 16.5. The molecule has 0 bridgehead atoms. The maximum atomic E-state index is 12.5. The molecule has 2 aromatic rings. The van der Waals surface area contributed by atoms with Crippen molar-refractivity contribution in [3.8, 4) is 16.9 Å². The van der Waals surface area contributed by atoms with Crippen LogP contribution in [0.5, 0.6) is 5.75 Å². The molecule has 1 N–H and O–H groups in total. The third-order valence-electron chi connectivity index (χ3n) is 4.37. The monoisotopic (exact) mass is 362 g/mol. The molecule has 0 amide bonds. The summed E-state index contributed by atoms with van der Waals surface area (Å²) in [5.41, 5.74) is 2.55. The van der Waals surface area contributed by atoms with E-state index in [-0.39, 0.29) is 23.7 Å². The van der Waals surface area contributed by atoms with Crippen LogP contribution in [0.4, 0.5) is 0 Å². The van der Waals surface area contributed by atoms with Crippen molar-refractivity contribution in [2.24, 2.45) is 0 Å². The fourth-order valence-electron chi connectivity index (χ4n) is 2.99. The van der Waals surface area contributed by atoms with E-state index in [4.69, 9.17) is 4.74 Å². The average molecular weight is 362 g/mol. The van der Waals surface area contributed by atoms with Crippen molar-refractivity contribution < 1.29 is 19.4 Å². The van der Waals surface area contributed by atoms with Crippen LogP contribution < -0.4 is 0 Å². The second-order valence-corrected chi connectivity index (χ2v) is 6.41. The van der Waals surface area contributed by atoms with Gasteiger partial charge in [-0.1, -0.05) is 48.6 Å². The number of hydrogen-bond donors (Lipinski definition) is 1. The zero-order valence-electron chi connectivity index (χ0n) is 15.1. The molecule has 4 heteroatoms. The number of hydrogen-bond acceptors (Lipinski definition) is 4. The van der Waals surface area contributed by atoms with E-state index in [0.29, 0.717) is 24.8 Å². The van der Waals surface area contributed by atoms with Gasteiger partial charge < -0.3 is 9.84 Å². The number of esters is 1. The molecular formula is C23H22O4. The van der Waals surface area contributed by atoms with E-state index in [2.05, 4.69) is 0 Å². The number of rotatable bonds is 1. The fourth-order valence-corrected chi connectivity index (χ4v) is 2.99. The second-order valence-electron chi connectivity index (χ2n) is 6.41. The van der Waals surface area contributed by atoms with E-state index in [9.17, 15) is 14.7 Å². The maximum Gasteiger partial charge on any atom is 0.342 e. The Kier molecular flexibility index (Phi) is 6.21. The smallest absolute Gasteiger partial charge is 0.342 e. The molecule has 1 heterocycles. The first kappa shape index (κ1) is 18.6. The second kappa shape index (κ2) is 8.99. The normalized spacial score (nSPS) is 18.1. The number of carbonyl (C=O) groups excluding carboxylic acids is 2. The van der Waals surface area contributed by atoms with Crippen LogP contribution in [0.2, 0.25) is 0 Å². The molecule has 0 aromatic heterocycles. The fraction of sp³-hybridized carbons (Fsp3) is 0.217.